The van der Waals surface area contributed by atoms with E-state index in [4.69, 9.17) is 4.74 Å². The number of ether oxygens (including phenoxy) is 1. The van der Waals surface area contributed by atoms with Crippen molar-refractivity contribution in [2.75, 3.05) is 22.6 Å². The van der Waals surface area contributed by atoms with Crippen molar-refractivity contribution in [3.05, 3.63) is 89.5 Å². The highest BCUT2D eigenvalue weighted by molar-refractivity contribution is 8.00. The van der Waals surface area contributed by atoms with Crippen LogP contribution < -0.4 is 15.0 Å². The van der Waals surface area contributed by atoms with E-state index in [2.05, 4.69) is 12.2 Å². The summed E-state index contributed by atoms with van der Waals surface area (Å²) < 4.78 is 5.76. The van der Waals surface area contributed by atoms with Crippen LogP contribution >= 0.6 is 11.8 Å². The van der Waals surface area contributed by atoms with Crippen molar-refractivity contribution in [2.24, 2.45) is 0 Å². The number of hydrogen-bond donors (Lipinski definition) is 1. The van der Waals surface area contributed by atoms with Gasteiger partial charge in [-0.15, -0.1) is 11.8 Å². The van der Waals surface area contributed by atoms with Crippen molar-refractivity contribution < 1.29 is 14.3 Å². The molecule has 34 heavy (non-hydrogen) atoms. The summed E-state index contributed by atoms with van der Waals surface area (Å²) in [5.74, 6) is 1.04. The van der Waals surface area contributed by atoms with Crippen LogP contribution in [0.15, 0.2) is 72.8 Å². The number of carbonyl (C=O) groups is 2. The molecule has 0 radical (unpaired) electrons. The molecule has 6 heteroatoms. The molecular weight excluding hydrogens is 444 g/mol. The number of unbranched alkanes of at least 4 members (excludes halogenated alkanes) is 1. The average Bonchev–Trinajstić information content (AvgIpc) is 3.25. The molecular formula is C28H30N2O3S. The Morgan fingerprint density at radius 1 is 1.03 bits per heavy atom. The molecule has 1 fully saturated rings. The van der Waals surface area contributed by atoms with Crippen LogP contribution in [0, 0.1) is 0 Å². The molecule has 176 valence electrons. The Morgan fingerprint density at radius 3 is 2.47 bits per heavy atom. The van der Waals surface area contributed by atoms with Gasteiger partial charge in [-0.3, -0.25) is 14.5 Å². The second-order valence-electron chi connectivity index (χ2n) is 8.20. The molecule has 1 aliphatic rings. The highest BCUT2D eigenvalue weighted by Gasteiger charge is 2.35. The lowest BCUT2D eigenvalue weighted by molar-refractivity contribution is -0.115. The summed E-state index contributed by atoms with van der Waals surface area (Å²) in [6.45, 7) is 4.64. The number of rotatable bonds is 9. The second kappa shape index (κ2) is 11.3. The Labute approximate surface area is 205 Å². The molecule has 0 bridgehead atoms. The molecule has 0 aromatic heterocycles. The van der Waals surface area contributed by atoms with Crippen LogP contribution in [0.4, 0.5) is 11.4 Å². The van der Waals surface area contributed by atoms with Gasteiger partial charge in [0.1, 0.15) is 11.1 Å². The van der Waals surface area contributed by atoms with Crippen LogP contribution in [0.5, 0.6) is 5.75 Å². The van der Waals surface area contributed by atoms with Crippen molar-refractivity contribution in [1.82, 2.24) is 0 Å². The highest BCUT2D eigenvalue weighted by Crippen LogP contribution is 2.44. The van der Waals surface area contributed by atoms with Gasteiger partial charge in [0.15, 0.2) is 0 Å². The molecule has 1 heterocycles. The zero-order valence-electron chi connectivity index (χ0n) is 19.6. The van der Waals surface area contributed by atoms with Crippen molar-refractivity contribution in [3.63, 3.8) is 0 Å². The minimum absolute atomic E-state index is 0.0573. The van der Waals surface area contributed by atoms with Crippen LogP contribution in [0.25, 0.3) is 0 Å². The lowest BCUT2D eigenvalue weighted by Crippen LogP contribution is -2.28. The molecule has 3 aromatic carbocycles. The van der Waals surface area contributed by atoms with Gasteiger partial charge in [-0.25, -0.2) is 0 Å². The molecule has 0 aliphatic carbocycles. The fourth-order valence-corrected chi connectivity index (χ4v) is 5.17. The normalized spacial score (nSPS) is 15.4. The maximum Gasteiger partial charge on any atom is 0.255 e. The first-order chi connectivity index (χ1) is 16.6. The third kappa shape index (κ3) is 5.45. The number of aryl methyl sites for hydroxylation is 1. The SMILES string of the molecule is CCCCc1ccc(C(=O)Nc2ccc([C@@H]3SCC(=O)N3c3ccccc3OCC)cc2)cc1. The van der Waals surface area contributed by atoms with Crippen molar-refractivity contribution in [1.29, 1.82) is 0 Å². The van der Waals surface area contributed by atoms with Crippen molar-refractivity contribution in [2.45, 2.75) is 38.5 Å². The van der Waals surface area contributed by atoms with E-state index in [9.17, 15) is 9.59 Å². The van der Waals surface area contributed by atoms with E-state index in [-0.39, 0.29) is 17.2 Å². The minimum Gasteiger partial charge on any atom is -0.492 e. The van der Waals surface area contributed by atoms with Crippen molar-refractivity contribution in [3.8, 4) is 5.75 Å². The average molecular weight is 475 g/mol. The Hall–Kier alpha value is -3.25. The summed E-state index contributed by atoms with van der Waals surface area (Å²) in [5.41, 5.74) is 4.39. The molecule has 4 rings (SSSR count). The number of nitrogens with zero attached hydrogens (tertiary/aromatic N) is 1. The summed E-state index contributed by atoms with van der Waals surface area (Å²) >= 11 is 1.59. The first-order valence-electron chi connectivity index (χ1n) is 11.8. The van der Waals surface area contributed by atoms with Gasteiger partial charge < -0.3 is 10.1 Å². The number of carbonyl (C=O) groups excluding carboxylic acids is 2. The van der Waals surface area contributed by atoms with Crippen LogP contribution in [0.2, 0.25) is 0 Å². The lowest BCUT2D eigenvalue weighted by atomic mass is 10.1. The number of thioether (sulfide) groups is 1. The summed E-state index contributed by atoms with van der Waals surface area (Å²) in [4.78, 5) is 27.2. The number of anilines is 2. The maximum atomic E-state index is 12.8. The number of nitrogens with one attached hydrogen (secondary N) is 1. The third-order valence-electron chi connectivity index (χ3n) is 5.78. The monoisotopic (exact) mass is 474 g/mol. The molecule has 1 aliphatic heterocycles. The van der Waals surface area contributed by atoms with E-state index in [1.165, 1.54) is 5.56 Å². The van der Waals surface area contributed by atoms with E-state index in [0.29, 0.717) is 23.7 Å². The fourth-order valence-electron chi connectivity index (χ4n) is 4.00. The van der Waals surface area contributed by atoms with Crippen LogP contribution in [0.1, 0.15) is 53.5 Å². The zero-order valence-corrected chi connectivity index (χ0v) is 20.4. The predicted octanol–water partition coefficient (Wildman–Crippen LogP) is 6.46. The molecule has 1 saturated heterocycles. The summed E-state index contributed by atoms with van der Waals surface area (Å²) in [6, 6.07) is 23.2. The van der Waals surface area contributed by atoms with E-state index in [0.717, 1.165) is 36.2 Å². The largest absolute Gasteiger partial charge is 0.492 e. The van der Waals surface area contributed by atoms with E-state index in [1.54, 1.807) is 11.8 Å². The van der Waals surface area contributed by atoms with Gasteiger partial charge in [-0.1, -0.05) is 49.7 Å². The van der Waals surface area contributed by atoms with Gasteiger partial charge in [-0.2, -0.15) is 0 Å². The molecule has 2 amide bonds. The summed E-state index contributed by atoms with van der Waals surface area (Å²) in [6.07, 6.45) is 3.34. The van der Waals surface area contributed by atoms with Gasteiger partial charge >= 0.3 is 0 Å². The van der Waals surface area contributed by atoms with Gasteiger partial charge in [0, 0.05) is 11.3 Å². The number of benzene rings is 3. The zero-order chi connectivity index (χ0) is 23.9. The Balaban J connectivity index is 1.46. The number of hydrogen-bond acceptors (Lipinski definition) is 4. The molecule has 1 N–H and O–H groups in total. The lowest BCUT2D eigenvalue weighted by Gasteiger charge is -2.26. The first-order valence-corrected chi connectivity index (χ1v) is 12.8. The molecule has 5 nitrogen and oxygen atoms in total. The van der Waals surface area contributed by atoms with Gasteiger partial charge in [0.25, 0.3) is 5.91 Å². The fraction of sp³-hybridized carbons (Fsp3) is 0.286. The highest BCUT2D eigenvalue weighted by atomic mass is 32.2. The van der Waals surface area contributed by atoms with E-state index >= 15 is 0 Å². The topological polar surface area (TPSA) is 58.6 Å². The minimum atomic E-state index is -0.144. The van der Waals surface area contributed by atoms with Gasteiger partial charge in [-0.05, 0) is 67.3 Å². The standard InChI is InChI=1S/C28H30N2O3S/c1-3-5-8-20-11-13-21(14-12-20)27(32)29-23-17-15-22(16-18-23)28-30(26(31)19-34-28)24-9-6-7-10-25(24)33-4-2/h6-7,9-18,28H,3-5,8,19H2,1-2H3,(H,29,32)/t28-/m0/s1. The Morgan fingerprint density at radius 2 is 1.76 bits per heavy atom. The Kier molecular flexibility index (Phi) is 7.91. The second-order valence-corrected chi connectivity index (χ2v) is 9.27. The first kappa shape index (κ1) is 23.9. The molecule has 1 atom stereocenters. The number of para-hydroxylation sites is 2. The quantitative estimate of drug-likeness (QED) is 0.387. The molecule has 0 unspecified atom stereocenters. The van der Waals surface area contributed by atoms with Crippen molar-refractivity contribution >= 4 is 35.0 Å². The van der Waals surface area contributed by atoms with E-state index in [1.807, 2.05) is 84.6 Å². The van der Waals surface area contributed by atoms with Crippen LogP contribution in [-0.4, -0.2) is 24.2 Å². The molecule has 0 spiro atoms. The van der Waals surface area contributed by atoms with Gasteiger partial charge in [0.2, 0.25) is 5.91 Å². The maximum absolute atomic E-state index is 12.8. The number of amides is 2. The van der Waals surface area contributed by atoms with Crippen LogP contribution in [0.3, 0.4) is 0 Å². The van der Waals surface area contributed by atoms with Crippen LogP contribution in [-0.2, 0) is 11.2 Å². The molecule has 0 saturated carbocycles. The van der Waals surface area contributed by atoms with E-state index < -0.39 is 0 Å². The Bertz CT molecular complexity index is 1130. The predicted molar refractivity (Wildman–Crippen MR) is 140 cm³/mol. The third-order valence-corrected chi connectivity index (χ3v) is 6.99. The summed E-state index contributed by atoms with van der Waals surface area (Å²) in [5, 5.41) is 2.83. The van der Waals surface area contributed by atoms with Gasteiger partial charge in [0.05, 0.1) is 18.0 Å². The smallest absolute Gasteiger partial charge is 0.255 e. The summed E-state index contributed by atoms with van der Waals surface area (Å²) in [7, 11) is 0. The molecule has 3 aromatic rings.